The van der Waals surface area contributed by atoms with Crippen LogP contribution in [-0.2, 0) is 11.3 Å². The fraction of sp³-hybridized carbons (Fsp3) is 0.615. The van der Waals surface area contributed by atoms with Gasteiger partial charge in [-0.1, -0.05) is 0 Å². The van der Waals surface area contributed by atoms with Gasteiger partial charge in [-0.05, 0) is 0 Å². The third kappa shape index (κ3) is 3.23. The first kappa shape index (κ1) is 19.4. The Hall–Kier alpha value is -2.32. The van der Waals surface area contributed by atoms with Crippen molar-refractivity contribution in [2.24, 2.45) is 0 Å². The molecule has 0 aromatic carbocycles. The number of nitrogen functional groups attached to an aromatic ring is 1. The molecule has 150 valence electrons. The van der Waals surface area contributed by atoms with Gasteiger partial charge in [-0.2, -0.15) is 26.9 Å². The molecule has 2 aromatic rings. The van der Waals surface area contributed by atoms with Crippen molar-refractivity contribution in [3.63, 3.8) is 0 Å². The quantitative estimate of drug-likeness (QED) is 0.618. The lowest BCUT2D eigenvalue weighted by Crippen LogP contribution is -2.43. The van der Waals surface area contributed by atoms with Crippen molar-refractivity contribution >= 4 is 17.1 Å². The Bertz CT molecular complexity index is 911. The molecular weight excluding hydrogens is 385 g/mol. The average Bonchev–Trinajstić information content (AvgIpc) is 3.04. The first-order chi connectivity index (χ1) is 12.5. The molecule has 1 aliphatic heterocycles. The maximum Gasteiger partial charge on any atom is 0.455 e. The van der Waals surface area contributed by atoms with Gasteiger partial charge >= 0.3 is 17.8 Å². The third-order valence-corrected chi connectivity index (χ3v) is 4.12. The first-order valence-corrected chi connectivity index (χ1v) is 7.58. The molecule has 0 amide bonds. The normalized spacial score (nSPS) is 24.0. The number of imidazole rings is 1. The van der Waals surface area contributed by atoms with Crippen LogP contribution in [0.4, 0.5) is 27.9 Å². The number of anilines is 1. The summed E-state index contributed by atoms with van der Waals surface area (Å²) in [6.07, 6.45) is -8.79. The summed E-state index contributed by atoms with van der Waals surface area (Å²) in [6, 6.07) is 0. The van der Waals surface area contributed by atoms with Gasteiger partial charge in [-0.3, -0.25) is 4.57 Å². The fourth-order valence-corrected chi connectivity index (χ4v) is 2.82. The fourth-order valence-electron chi connectivity index (χ4n) is 2.82. The Kier molecular flexibility index (Phi) is 4.60. The molecule has 0 saturated carbocycles. The molecule has 1 fully saturated rings. The van der Waals surface area contributed by atoms with Gasteiger partial charge in [0.1, 0.15) is 18.2 Å². The number of ether oxygens (including phenoxy) is 1. The lowest BCUT2D eigenvalue weighted by Gasteiger charge is -2.19. The van der Waals surface area contributed by atoms with E-state index in [4.69, 9.17) is 15.6 Å². The van der Waals surface area contributed by atoms with E-state index in [1.54, 1.807) is 0 Å². The molecular formula is C13H14F5N5O4. The molecule has 0 bridgehead atoms. The summed E-state index contributed by atoms with van der Waals surface area (Å²) in [6.45, 7) is -2.51. The Morgan fingerprint density at radius 2 is 2.00 bits per heavy atom. The molecule has 1 saturated heterocycles. The lowest BCUT2D eigenvalue weighted by atomic mass is 10.2. The summed E-state index contributed by atoms with van der Waals surface area (Å²) >= 11 is 0. The van der Waals surface area contributed by atoms with Gasteiger partial charge in [-0.25, -0.2) is 14.3 Å². The predicted molar refractivity (Wildman–Crippen MR) is 78.8 cm³/mol. The van der Waals surface area contributed by atoms with Crippen LogP contribution < -0.4 is 11.4 Å². The Morgan fingerprint density at radius 3 is 2.56 bits per heavy atom. The Labute approximate surface area is 146 Å². The molecule has 3 heterocycles. The van der Waals surface area contributed by atoms with Gasteiger partial charge in [0.05, 0.1) is 18.9 Å². The van der Waals surface area contributed by atoms with Crippen LogP contribution in [-0.4, -0.2) is 60.2 Å². The van der Waals surface area contributed by atoms with Crippen molar-refractivity contribution in [3.8, 4) is 0 Å². The Morgan fingerprint density at radius 1 is 1.33 bits per heavy atom. The molecule has 1 aliphatic rings. The highest BCUT2D eigenvalue weighted by Gasteiger charge is 2.58. The van der Waals surface area contributed by atoms with Crippen molar-refractivity contribution in [1.82, 2.24) is 19.1 Å². The molecule has 0 aliphatic carbocycles. The minimum atomic E-state index is -5.89. The maximum absolute atomic E-state index is 13.5. The summed E-state index contributed by atoms with van der Waals surface area (Å²) in [5, 5.41) is 19.2. The van der Waals surface area contributed by atoms with E-state index in [1.807, 2.05) is 0 Å². The largest absolute Gasteiger partial charge is 0.455 e. The number of hydrogen-bond acceptors (Lipinski definition) is 7. The molecule has 0 unspecified atom stereocenters. The van der Waals surface area contributed by atoms with Crippen LogP contribution in [0, 0.1) is 0 Å². The number of aliphatic hydroxyl groups is 2. The van der Waals surface area contributed by atoms with Gasteiger partial charge in [0.15, 0.2) is 11.9 Å². The van der Waals surface area contributed by atoms with Crippen molar-refractivity contribution in [3.05, 3.63) is 16.7 Å². The first-order valence-electron chi connectivity index (χ1n) is 7.58. The standard InChI is InChI=1S/C13H14F5N5O4/c14-12(15,13(16,17)18)4-22-6-2-20-10(19)21-8(6)23(11(22)26)9-7(25)1-5(3-24)27-9/h2,5,7,9,24-25H,1,3-4H2,(H2,19,20,21)/t5-,7+,9+/m0/s1. The highest BCUT2D eigenvalue weighted by molar-refractivity contribution is 5.72. The summed E-state index contributed by atoms with van der Waals surface area (Å²) < 4.78 is 70.8. The zero-order valence-electron chi connectivity index (χ0n) is 13.4. The van der Waals surface area contributed by atoms with Gasteiger partial charge in [0, 0.05) is 6.42 Å². The Balaban J connectivity index is 2.17. The van der Waals surface area contributed by atoms with Crippen molar-refractivity contribution < 1.29 is 36.9 Å². The molecule has 3 rings (SSSR count). The monoisotopic (exact) mass is 399 g/mol. The van der Waals surface area contributed by atoms with Crippen LogP contribution in [0.2, 0.25) is 0 Å². The number of hydrogen-bond donors (Lipinski definition) is 3. The number of rotatable bonds is 4. The molecule has 4 N–H and O–H groups in total. The van der Waals surface area contributed by atoms with E-state index in [1.165, 1.54) is 0 Å². The highest BCUT2D eigenvalue weighted by Crippen LogP contribution is 2.37. The van der Waals surface area contributed by atoms with Crippen LogP contribution in [0.5, 0.6) is 0 Å². The molecule has 3 atom stereocenters. The van der Waals surface area contributed by atoms with Crippen molar-refractivity contribution in [2.75, 3.05) is 12.3 Å². The average molecular weight is 399 g/mol. The van der Waals surface area contributed by atoms with Gasteiger partial charge in [0.2, 0.25) is 5.95 Å². The summed E-state index contributed by atoms with van der Waals surface area (Å²) in [4.78, 5) is 19.8. The SMILES string of the molecule is Nc1ncc2c(n1)n([C@@H]1O[C@H](CO)C[C@H]1O)c(=O)n2CC(F)(F)C(F)(F)F. The van der Waals surface area contributed by atoms with Gasteiger partial charge < -0.3 is 20.7 Å². The summed E-state index contributed by atoms with van der Waals surface area (Å²) in [7, 11) is 0. The van der Waals surface area contributed by atoms with Crippen molar-refractivity contribution in [2.45, 2.75) is 43.5 Å². The van der Waals surface area contributed by atoms with E-state index >= 15 is 0 Å². The minimum Gasteiger partial charge on any atom is -0.394 e. The maximum atomic E-state index is 13.5. The van der Waals surface area contributed by atoms with E-state index in [-0.39, 0.29) is 22.6 Å². The predicted octanol–water partition coefficient (Wildman–Crippen LogP) is 0.0135. The smallest absolute Gasteiger partial charge is 0.394 e. The zero-order chi connectivity index (χ0) is 20.1. The number of aliphatic hydroxyl groups excluding tert-OH is 2. The molecule has 2 aromatic heterocycles. The molecule has 27 heavy (non-hydrogen) atoms. The minimum absolute atomic E-state index is 0.0838. The van der Waals surface area contributed by atoms with E-state index in [2.05, 4.69) is 9.97 Å². The summed E-state index contributed by atoms with van der Waals surface area (Å²) in [5.41, 5.74) is 3.27. The van der Waals surface area contributed by atoms with E-state index in [9.17, 15) is 31.9 Å². The number of alkyl halides is 5. The van der Waals surface area contributed by atoms with E-state index in [0.717, 1.165) is 6.20 Å². The topological polar surface area (TPSA) is 128 Å². The van der Waals surface area contributed by atoms with Gasteiger partial charge in [0.25, 0.3) is 0 Å². The lowest BCUT2D eigenvalue weighted by molar-refractivity contribution is -0.286. The van der Waals surface area contributed by atoms with E-state index < -0.39 is 54.9 Å². The second-order valence-electron chi connectivity index (χ2n) is 6.01. The highest BCUT2D eigenvalue weighted by atomic mass is 19.4. The number of halogens is 5. The number of nitrogens with zero attached hydrogens (tertiary/aromatic N) is 4. The number of nitrogens with two attached hydrogens (primary N) is 1. The van der Waals surface area contributed by atoms with Crippen molar-refractivity contribution in [1.29, 1.82) is 0 Å². The van der Waals surface area contributed by atoms with Gasteiger partial charge in [-0.15, -0.1) is 0 Å². The molecule has 14 heteroatoms. The third-order valence-electron chi connectivity index (χ3n) is 4.12. The van der Waals surface area contributed by atoms with Crippen LogP contribution in [0.15, 0.2) is 11.0 Å². The van der Waals surface area contributed by atoms with Crippen LogP contribution in [0.1, 0.15) is 12.6 Å². The molecule has 0 spiro atoms. The summed E-state index contributed by atoms with van der Waals surface area (Å²) in [5.74, 6) is -5.58. The van der Waals surface area contributed by atoms with Crippen LogP contribution in [0.25, 0.3) is 11.2 Å². The van der Waals surface area contributed by atoms with Crippen LogP contribution >= 0.6 is 0 Å². The molecule has 9 nitrogen and oxygen atoms in total. The number of fused-ring (bicyclic) bond motifs is 1. The zero-order valence-corrected chi connectivity index (χ0v) is 13.4. The number of aromatic nitrogens is 4. The second kappa shape index (κ2) is 6.38. The second-order valence-corrected chi connectivity index (χ2v) is 6.01. The molecule has 0 radical (unpaired) electrons. The van der Waals surface area contributed by atoms with E-state index in [0.29, 0.717) is 4.57 Å². The van der Waals surface area contributed by atoms with Crippen LogP contribution in [0.3, 0.4) is 0 Å².